The minimum absolute atomic E-state index is 0.0110. The van der Waals surface area contributed by atoms with E-state index in [1.54, 1.807) is 0 Å². The van der Waals surface area contributed by atoms with Crippen molar-refractivity contribution in [2.24, 2.45) is 11.8 Å². The Balaban J connectivity index is 1.40. The molecule has 2 heterocycles. The Labute approximate surface area is 108 Å². The second kappa shape index (κ2) is 5.17. The van der Waals surface area contributed by atoms with Crippen molar-refractivity contribution in [3.05, 3.63) is 0 Å². The molecular formula is C14H22O4. The van der Waals surface area contributed by atoms with Gasteiger partial charge in [0.15, 0.2) is 0 Å². The zero-order valence-electron chi connectivity index (χ0n) is 11.0. The van der Waals surface area contributed by atoms with Gasteiger partial charge in [-0.1, -0.05) is 0 Å². The van der Waals surface area contributed by atoms with Crippen LogP contribution in [0.1, 0.15) is 39.0 Å². The number of hydrogen-bond donors (Lipinski definition) is 0. The topological polar surface area (TPSA) is 48.1 Å². The Bertz CT molecular complexity index is 317. The first-order valence-corrected chi connectivity index (χ1v) is 7.16. The van der Waals surface area contributed by atoms with Crippen molar-refractivity contribution in [1.29, 1.82) is 0 Å². The van der Waals surface area contributed by atoms with Gasteiger partial charge in [-0.15, -0.1) is 0 Å². The van der Waals surface area contributed by atoms with Crippen molar-refractivity contribution >= 4 is 5.97 Å². The molecule has 0 radical (unpaired) electrons. The van der Waals surface area contributed by atoms with Crippen molar-refractivity contribution in [2.75, 3.05) is 13.2 Å². The number of carbonyl (C=O) groups excluding carboxylic acids is 1. The van der Waals surface area contributed by atoms with Crippen molar-refractivity contribution < 1.29 is 19.0 Å². The fourth-order valence-corrected chi connectivity index (χ4v) is 3.18. The zero-order valence-corrected chi connectivity index (χ0v) is 11.0. The number of esters is 1. The molecule has 0 aromatic heterocycles. The van der Waals surface area contributed by atoms with E-state index in [-0.39, 0.29) is 11.9 Å². The van der Waals surface area contributed by atoms with E-state index in [1.807, 2.05) is 0 Å². The van der Waals surface area contributed by atoms with Crippen LogP contribution in [0.5, 0.6) is 0 Å². The molecule has 0 aromatic rings. The number of carbonyl (C=O) groups is 1. The maximum atomic E-state index is 12.0. The quantitative estimate of drug-likeness (QED) is 0.570. The second-order valence-electron chi connectivity index (χ2n) is 5.92. The third-order valence-corrected chi connectivity index (χ3v) is 4.39. The largest absolute Gasteiger partial charge is 0.465 e. The van der Waals surface area contributed by atoms with Gasteiger partial charge in [-0.2, -0.15) is 0 Å². The van der Waals surface area contributed by atoms with Crippen molar-refractivity contribution in [3.63, 3.8) is 0 Å². The standard InChI is InChI=1S/C14H22O4/c1-9-6-10(4-5-16-9)8-17-14(15)11-2-3-12-13(7-11)18-12/h9-13H,2-8H2,1H3. The van der Waals surface area contributed by atoms with Gasteiger partial charge in [0.1, 0.15) is 0 Å². The highest BCUT2D eigenvalue weighted by Crippen LogP contribution is 2.39. The van der Waals surface area contributed by atoms with E-state index in [9.17, 15) is 4.79 Å². The summed E-state index contributed by atoms with van der Waals surface area (Å²) in [6, 6.07) is 0. The molecule has 2 saturated heterocycles. The summed E-state index contributed by atoms with van der Waals surface area (Å²) in [7, 11) is 0. The summed E-state index contributed by atoms with van der Waals surface area (Å²) in [5, 5.41) is 0. The van der Waals surface area contributed by atoms with Crippen molar-refractivity contribution in [2.45, 2.75) is 57.3 Å². The molecule has 0 aromatic carbocycles. The second-order valence-corrected chi connectivity index (χ2v) is 5.92. The summed E-state index contributed by atoms with van der Waals surface area (Å²) < 4.78 is 16.4. The van der Waals surface area contributed by atoms with E-state index in [1.165, 1.54) is 0 Å². The van der Waals surface area contributed by atoms with Gasteiger partial charge in [0, 0.05) is 6.61 Å². The lowest BCUT2D eigenvalue weighted by atomic mass is 9.89. The van der Waals surface area contributed by atoms with Gasteiger partial charge in [0.05, 0.1) is 30.8 Å². The highest BCUT2D eigenvalue weighted by molar-refractivity contribution is 5.72. The van der Waals surface area contributed by atoms with E-state index in [2.05, 4.69) is 6.92 Å². The normalized spacial score (nSPS) is 43.1. The van der Waals surface area contributed by atoms with Crippen LogP contribution in [0, 0.1) is 11.8 Å². The minimum Gasteiger partial charge on any atom is -0.465 e. The Hall–Kier alpha value is -0.610. The molecule has 1 saturated carbocycles. The van der Waals surface area contributed by atoms with E-state index in [0.717, 1.165) is 38.7 Å². The average molecular weight is 254 g/mol. The Morgan fingerprint density at radius 2 is 2.11 bits per heavy atom. The highest BCUT2D eigenvalue weighted by Gasteiger charge is 2.46. The minimum atomic E-state index is -0.0110. The van der Waals surface area contributed by atoms with Crippen molar-refractivity contribution in [1.82, 2.24) is 0 Å². The molecule has 5 unspecified atom stereocenters. The van der Waals surface area contributed by atoms with Gasteiger partial charge >= 0.3 is 5.97 Å². The zero-order chi connectivity index (χ0) is 12.5. The number of rotatable bonds is 3. The number of ether oxygens (including phenoxy) is 3. The summed E-state index contributed by atoms with van der Waals surface area (Å²) >= 11 is 0. The Morgan fingerprint density at radius 3 is 2.89 bits per heavy atom. The van der Waals surface area contributed by atoms with Crippen LogP contribution in [0.25, 0.3) is 0 Å². The third-order valence-electron chi connectivity index (χ3n) is 4.39. The molecule has 4 heteroatoms. The summed E-state index contributed by atoms with van der Waals surface area (Å²) in [6.07, 6.45) is 5.95. The number of fused-ring (bicyclic) bond motifs is 1. The van der Waals surface area contributed by atoms with Crippen LogP contribution in [-0.4, -0.2) is 37.5 Å². The molecule has 5 atom stereocenters. The lowest BCUT2D eigenvalue weighted by Crippen LogP contribution is -2.29. The Morgan fingerprint density at radius 1 is 1.22 bits per heavy atom. The first-order chi connectivity index (χ1) is 8.72. The molecular weight excluding hydrogens is 232 g/mol. The summed E-state index contributed by atoms with van der Waals surface area (Å²) in [4.78, 5) is 12.0. The Kier molecular flexibility index (Phi) is 3.57. The maximum absolute atomic E-state index is 12.0. The van der Waals surface area contributed by atoms with Gasteiger partial charge in [-0.25, -0.2) is 0 Å². The van der Waals surface area contributed by atoms with Crippen LogP contribution in [-0.2, 0) is 19.0 Å². The first-order valence-electron chi connectivity index (χ1n) is 7.16. The number of hydrogen-bond acceptors (Lipinski definition) is 4. The van der Waals surface area contributed by atoms with Gasteiger partial charge in [0.2, 0.25) is 0 Å². The molecule has 0 amide bonds. The van der Waals surface area contributed by atoms with Crippen LogP contribution in [0.3, 0.4) is 0 Å². The van der Waals surface area contributed by atoms with Crippen LogP contribution >= 0.6 is 0 Å². The molecule has 3 aliphatic rings. The first kappa shape index (κ1) is 12.4. The molecule has 18 heavy (non-hydrogen) atoms. The maximum Gasteiger partial charge on any atom is 0.309 e. The predicted octanol–water partition coefficient (Wildman–Crippen LogP) is 1.91. The highest BCUT2D eigenvalue weighted by atomic mass is 16.6. The molecule has 3 fully saturated rings. The summed E-state index contributed by atoms with van der Waals surface area (Å²) in [5.41, 5.74) is 0. The molecule has 2 aliphatic heterocycles. The van der Waals surface area contributed by atoms with Gasteiger partial charge < -0.3 is 14.2 Å². The number of epoxide rings is 1. The van der Waals surface area contributed by atoms with E-state index < -0.39 is 0 Å². The van der Waals surface area contributed by atoms with E-state index in [4.69, 9.17) is 14.2 Å². The fourth-order valence-electron chi connectivity index (χ4n) is 3.18. The molecule has 102 valence electrons. The molecule has 0 spiro atoms. The van der Waals surface area contributed by atoms with Crippen LogP contribution in [0.4, 0.5) is 0 Å². The van der Waals surface area contributed by atoms with Crippen LogP contribution in [0.2, 0.25) is 0 Å². The third kappa shape index (κ3) is 2.86. The molecule has 3 rings (SSSR count). The fraction of sp³-hybridized carbons (Fsp3) is 0.929. The lowest BCUT2D eigenvalue weighted by molar-refractivity contribution is -0.152. The van der Waals surface area contributed by atoms with Gasteiger partial charge in [-0.05, 0) is 44.9 Å². The van der Waals surface area contributed by atoms with E-state index in [0.29, 0.717) is 30.8 Å². The molecule has 4 nitrogen and oxygen atoms in total. The molecule has 0 N–H and O–H groups in total. The van der Waals surface area contributed by atoms with Crippen LogP contribution < -0.4 is 0 Å². The predicted molar refractivity (Wildman–Crippen MR) is 65.1 cm³/mol. The monoisotopic (exact) mass is 254 g/mol. The van der Waals surface area contributed by atoms with E-state index >= 15 is 0 Å². The smallest absolute Gasteiger partial charge is 0.309 e. The molecule has 0 bridgehead atoms. The lowest BCUT2D eigenvalue weighted by Gasteiger charge is -2.27. The molecule has 1 aliphatic carbocycles. The SMILES string of the molecule is CC1CC(COC(=O)C2CCC3OC3C2)CCO1. The summed E-state index contributed by atoms with van der Waals surface area (Å²) in [6.45, 7) is 3.45. The van der Waals surface area contributed by atoms with Gasteiger partial charge in [-0.3, -0.25) is 4.79 Å². The van der Waals surface area contributed by atoms with Crippen LogP contribution in [0.15, 0.2) is 0 Å². The van der Waals surface area contributed by atoms with Crippen molar-refractivity contribution in [3.8, 4) is 0 Å². The summed E-state index contributed by atoms with van der Waals surface area (Å²) in [5.74, 6) is 0.542. The van der Waals surface area contributed by atoms with Gasteiger partial charge in [0.25, 0.3) is 0 Å². The average Bonchev–Trinajstić information content (AvgIpc) is 3.14.